The number of carbonyl (C=O) groups is 1. The van der Waals surface area contributed by atoms with Gasteiger partial charge in [-0.2, -0.15) is 10.1 Å². The number of fused-ring (bicyclic) bond motifs is 1. The van der Waals surface area contributed by atoms with Crippen molar-refractivity contribution in [1.82, 2.24) is 14.8 Å². The molecular weight excluding hydrogens is 366 g/mol. The first-order valence-corrected chi connectivity index (χ1v) is 8.71. The van der Waals surface area contributed by atoms with Crippen molar-refractivity contribution in [3.05, 3.63) is 65.4 Å². The lowest BCUT2D eigenvalue weighted by Crippen LogP contribution is -2.39. The Morgan fingerprint density at radius 1 is 1.22 bits per heavy atom. The normalized spacial score (nSPS) is 18.5. The number of phenols is 1. The number of benzene rings is 2. The summed E-state index contributed by atoms with van der Waals surface area (Å²) in [4.78, 5) is 21.7. The maximum Gasteiger partial charge on any atom is 0.248 e. The molecule has 27 heavy (non-hydrogen) atoms. The fraction of sp³-hybridized carbons (Fsp3) is 0.158. The van der Waals surface area contributed by atoms with Gasteiger partial charge in [0.05, 0.1) is 16.8 Å². The monoisotopic (exact) mass is 381 g/mol. The maximum atomic E-state index is 13.2. The highest BCUT2D eigenvalue weighted by molar-refractivity contribution is 6.33. The van der Waals surface area contributed by atoms with Crippen LogP contribution >= 0.6 is 11.6 Å². The molecule has 0 radical (unpaired) electrons. The number of rotatable bonds is 3. The van der Waals surface area contributed by atoms with Gasteiger partial charge < -0.3 is 10.4 Å². The number of para-hydroxylation sites is 1. The zero-order valence-corrected chi connectivity index (χ0v) is 15.1. The predicted octanol–water partition coefficient (Wildman–Crippen LogP) is 3.59. The van der Waals surface area contributed by atoms with E-state index in [1.807, 2.05) is 6.07 Å². The number of aliphatic imine (C=N–C) groups is 1. The number of halogens is 1. The van der Waals surface area contributed by atoms with Crippen LogP contribution in [0.2, 0.25) is 5.02 Å². The first-order chi connectivity index (χ1) is 13.0. The molecule has 2 heterocycles. The third kappa shape index (κ3) is 3.17. The number of amides is 1. The van der Waals surface area contributed by atoms with Crippen LogP contribution in [0.3, 0.4) is 0 Å². The van der Waals surface area contributed by atoms with Crippen LogP contribution in [0.4, 0.5) is 11.6 Å². The number of hydrogen-bond donors (Lipinski definition) is 2. The molecule has 136 valence electrons. The predicted molar refractivity (Wildman–Crippen MR) is 103 cm³/mol. The number of nitrogens with zero attached hydrogens (tertiary/aromatic N) is 4. The van der Waals surface area contributed by atoms with E-state index in [2.05, 4.69) is 20.4 Å². The minimum absolute atomic E-state index is 0.111. The van der Waals surface area contributed by atoms with Gasteiger partial charge in [-0.05, 0) is 36.8 Å². The van der Waals surface area contributed by atoms with Crippen LogP contribution in [0.25, 0.3) is 0 Å². The molecule has 2 atom stereocenters. The Balaban J connectivity index is 1.77. The zero-order chi connectivity index (χ0) is 19.0. The minimum Gasteiger partial charge on any atom is -0.508 e. The molecule has 1 aliphatic heterocycles. The third-order valence-electron chi connectivity index (χ3n) is 4.49. The molecule has 8 heteroatoms. The van der Waals surface area contributed by atoms with E-state index in [0.717, 1.165) is 5.56 Å². The first-order valence-electron chi connectivity index (χ1n) is 8.33. The van der Waals surface area contributed by atoms with E-state index in [-0.39, 0.29) is 11.7 Å². The zero-order valence-electron chi connectivity index (χ0n) is 14.4. The van der Waals surface area contributed by atoms with Crippen molar-refractivity contribution in [3.8, 4) is 5.75 Å². The molecule has 1 aliphatic rings. The van der Waals surface area contributed by atoms with Gasteiger partial charge >= 0.3 is 0 Å². The fourth-order valence-electron chi connectivity index (χ4n) is 3.27. The van der Waals surface area contributed by atoms with Crippen LogP contribution in [-0.2, 0) is 4.79 Å². The number of aromatic nitrogens is 3. The molecule has 2 aromatic carbocycles. The average molecular weight is 382 g/mol. The number of aromatic hydroxyl groups is 1. The van der Waals surface area contributed by atoms with Crippen molar-refractivity contribution >= 4 is 34.9 Å². The number of nitrogens with one attached hydrogen (secondary N) is 1. The average Bonchev–Trinajstić information content (AvgIpc) is 3.10. The maximum absolute atomic E-state index is 13.2. The van der Waals surface area contributed by atoms with E-state index in [9.17, 15) is 9.90 Å². The van der Waals surface area contributed by atoms with Crippen LogP contribution in [-0.4, -0.2) is 31.5 Å². The topological polar surface area (TPSA) is 92.4 Å². The Labute approximate surface area is 160 Å². The second-order valence-corrected chi connectivity index (χ2v) is 6.65. The van der Waals surface area contributed by atoms with Gasteiger partial charge in [0.15, 0.2) is 0 Å². The Kier molecular flexibility index (Phi) is 4.37. The Morgan fingerprint density at radius 3 is 2.81 bits per heavy atom. The molecule has 0 saturated heterocycles. The molecule has 0 aliphatic carbocycles. The standard InChI is InChI=1S/C19H16ClN5O2/c1-11-16(18(27)24-15-8-3-2-7-14(15)20)17(12-5-4-6-13(26)9-12)25-19(23-11)21-10-22-25/h2-10,16-17,26H,1H3,(H,24,27). The number of hydrogen-bond acceptors (Lipinski definition) is 5. The van der Waals surface area contributed by atoms with Crippen molar-refractivity contribution in [2.75, 3.05) is 5.32 Å². The van der Waals surface area contributed by atoms with E-state index in [1.165, 1.54) is 6.33 Å². The summed E-state index contributed by atoms with van der Waals surface area (Å²) in [6, 6.07) is 13.3. The molecule has 0 fully saturated rings. The summed E-state index contributed by atoms with van der Waals surface area (Å²) in [5.74, 6) is -0.377. The van der Waals surface area contributed by atoms with Crippen LogP contribution in [0.1, 0.15) is 18.5 Å². The SMILES string of the molecule is CC1=Nc2ncnn2C(c2cccc(O)c2)C1C(=O)Nc1ccccc1Cl. The quantitative estimate of drug-likeness (QED) is 0.725. The molecule has 2 unspecified atom stereocenters. The third-order valence-corrected chi connectivity index (χ3v) is 4.82. The van der Waals surface area contributed by atoms with E-state index in [0.29, 0.717) is 22.4 Å². The van der Waals surface area contributed by atoms with Crippen molar-refractivity contribution in [1.29, 1.82) is 0 Å². The summed E-state index contributed by atoms with van der Waals surface area (Å²) in [5.41, 5.74) is 1.86. The largest absolute Gasteiger partial charge is 0.508 e. The minimum atomic E-state index is -0.641. The molecule has 2 N–H and O–H groups in total. The second-order valence-electron chi connectivity index (χ2n) is 6.24. The number of anilines is 1. The molecule has 7 nitrogen and oxygen atoms in total. The van der Waals surface area contributed by atoms with E-state index < -0.39 is 12.0 Å². The first kappa shape index (κ1) is 17.2. The summed E-state index contributed by atoms with van der Waals surface area (Å²) in [6.45, 7) is 1.78. The number of carbonyl (C=O) groups excluding carboxylic acids is 1. The summed E-state index contributed by atoms with van der Waals surface area (Å²) in [5, 5.41) is 17.5. The molecular formula is C19H16ClN5O2. The molecule has 0 bridgehead atoms. The van der Waals surface area contributed by atoms with Gasteiger partial charge in [0, 0.05) is 5.71 Å². The van der Waals surface area contributed by atoms with Gasteiger partial charge in [-0.25, -0.2) is 9.67 Å². The fourth-order valence-corrected chi connectivity index (χ4v) is 3.45. The summed E-state index contributed by atoms with van der Waals surface area (Å²) in [7, 11) is 0. The van der Waals surface area contributed by atoms with Gasteiger partial charge in [0.25, 0.3) is 0 Å². The van der Waals surface area contributed by atoms with Gasteiger partial charge in [-0.3, -0.25) is 4.79 Å². The lowest BCUT2D eigenvalue weighted by molar-refractivity contribution is -0.118. The lowest BCUT2D eigenvalue weighted by Gasteiger charge is -2.30. The molecule has 1 amide bonds. The Hall–Kier alpha value is -3.19. The van der Waals surface area contributed by atoms with Crippen LogP contribution in [0, 0.1) is 5.92 Å². The van der Waals surface area contributed by atoms with Gasteiger partial charge in [0.1, 0.15) is 18.0 Å². The lowest BCUT2D eigenvalue weighted by atomic mass is 9.87. The van der Waals surface area contributed by atoms with E-state index in [4.69, 9.17) is 11.6 Å². The summed E-state index contributed by atoms with van der Waals surface area (Å²) < 4.78 is 1.60. The van der Waals surface area contributed by atoms with Crippen molar-refractivity contribution in [3.63, 3.8) is 0 Å². The van der Waals surface area contributed by atoms with Gasteiger partial charge in [-0.15, -0.1) is 0 Å². The Bertz CT molecular complexity index is 1050. The van der Waals surface area contributed by atoms with E-state index >= 15 is 0 Å². The van der Waals surface area contributed by atoms with Crippen LogP contribution in [0.5, 0.6) is 5.75 Å². The Morgan fingerprint density at radius 2 is 2.04 bits per heavy atom. The smallest absolute Gasteiger partial charge is 0.248 e. The second kappa shape index (κ2) is 6.85. The number of phenolic OH excluding ortho intramolecular Hbond substituents is 1. The highest BCUT2D eigenvalue weighted by Gasteiger charge is 2.39. The van der Waals surface area contributed by atoms with Gasteiger partial charge in [0.2, 0.25) is 11.9 Å². The van der Waals surface area contributed by atoms with Gasteiger partial charge in [-0.1, -0.05) is 35.9 Å². The van der Waals surface area contributed by atoms with Crippen molar-refractivity contribution < 1.29 is 9.90 Å². The molecule has 0 saturated carbocycles. The van der Waals surface area contributed by atoms with Crippen LogP contribution < -0.4 is 5.32 Å². The molecule has 4 rings (SSSR count). The van der Waals surface area contributed by atoms with Crippen molar-refractivity contribution in [2.24, 2.45) is 10.9 Å². The molecule has 0 spiro atoms. The van der Waals surface area contributed by atoms with E-state index in [1.54, 1.807) is 54.1 Å². The highest BCUT2D eigenvalue weighted by Crippen LogP contribution is 2.36. The van der Waals surface area contributed by atoms with Crippen molar-refractivity contribution in [2.45, 2.75) is 13.0 Å². The highest BCUT2D eigenvalue weighted by atomic mass is 35.5. The molecule has 1 aromatic heterocycles. The summed E-state index contributed by atoms with van der Waals surface area (Å²) >= 11 is 6.18. The summed E-state index contributed by atoms with van der Waals surface area (Å²) in [6.07, 6.45) is 1.40. The van der Waals surface area contributed by atoms with Crippen LogP contribution in [0.15, 0.2) is 59.9 Å². The molecule has 3 aromatic rings.